The fourth-order valence-electron chi connectivity index (χ4n) is 2.36. The molecule has 0 amide bonds. The van der Waals surface area contributed by atoms with Crippen LogP contribution in [-0.2, 0) is 4.43 Å². The monoisotopic (exact) mass is 254 g/mol. The molecule has 0 aromatic carbocycles. The Bertz CT molecular complexity index is 228. The van der Waals surface area contributed by atoms with E-state index in [1.165, 1.54) is 70.0 Å². The summed E-state index contributed by atoms with van der Waals surface area (Å²) in [6, 6.07) is 0. The zero-order valence-corrected chi connectivity index (χ0v) is 13.1. The highest BCUT2D eigenvalue weighted by Crippen LogP contribution is 2.20. The van der Waals surface area contributed by atoms with Crippen molar-refractivity contribution in [2.24, 2.45) is 0 Å². The molecule has 0 bridgehead atoms. The lowest BCUT2D eigenvalue weighted by molar-refractivity contribution is 0.386. The average Bonchev–Trinajstić information content (AvgIpc) is 2.20. The van der Waals surface area contributed by atoms with E-state index < -0.39 is 8.32 Å². The van der Waals surface area contributed by atoms with Crippen LogP contribution in [-0.4, -0.2) is 8.32 Å². The third-order valence-corrected chi connectivity index (χ3v) is 4.06. The number of hydrogen-bond acceptors (Lipinski definition) is 1. The molecule has 1 rings (SSSR count). The molecule has 1 aliphatic rings. The first kappa shape index (κ1) is 14.8. The van der Waals surface area contributed by atoms with Crippen LogP contribution in [0.25, 0.3) is 0 Å². The van der Waals surface area contributed by atoms with Gasteiger partial charge in [-0.25, -0.2) is 0 Å². The molecule has 1 aliphatic carbocycles. The molecule has 100 valence electrons. The molecule has 0 atom stereocenters. The van der Waals surface area contributed by atoms with Crippen LogP contribution in [0, 0.1) is 0 Å². The van der Waals surface area contributed by atoms with E-state index in [0.717, 1.165) is 0 Å². The third-order valence-electron chi connectivity index (χ3n) is 3.19. The van der Waals surface area contributed by atoms with Gasteiger partial charge < -0.3 is 4.43 Å². The van der Waals surface area contributed by atoms with Crippen LogP contribution in [0.1, 0.15) is 64.2 Å². The zero-order valence-electron chi connectivity index (χ0n) is 12.1. The Morgan fingerprint density at radius 2 is 1.35 bits per heavy atom. The van der Waals surface area contributed by atoms with Crippen LogP contribution < -0.4 is 0 Å². The Morgan fingerprint density at radius 3 is 1.94 bits per heavy atom. The van der Waals surface area contributed by atoms with Gasteiger partial charge in [0, 0.05) is 6.42 Å². The van der Waals surface area contributed by atoms with Gasteiger partial charge in [0.05, 0.1) is 5.76 Å². The van der Waals surface area contributed by atoms with Crippen molar-refractivity contribution >= 4 is 8.32 Å². The van der Waals surface area contributed by atoms with Gasteiger partial charge >= 0.3 is 0 Å². The van der Waals surface area contributed by atoms with E-state index in [0.29, 0.717) is 0 Å². The molecule has 0 aromatic heterocycles. The van der Waals surface area contributed by atoms with E-state index in [2.05, 4.69) is 25.7 Å². The standard InChI is InChI=1S/C15H30OSi/c1-17(2,3)16-15-13-11-9-7-5-4-6-8-10-12-14-15/h13H,4-12,14H2,1-3H3/b15-13+. The zero-order chi connectivity index (χ0) is 12.6. The maximum absolute atomic E-state index is 6.18. The highest BCUT2D eigenvalue weighted by atomic mass is 28.4. The molecule has 0 spiro atoms. The van der Waals surface area contributed by atoms with Crippen molar-refractivity contribution < 1.29 is 4.43 Å². The van der Waals surface area contributed by atoms with Crippen LogP contribution >= 0.6 is 0 Å². The van der Waals surface area contributed by atoms with Crippen molar-refractivity contribution in [1.29, 1.82) is 0 Å². The maximum atomic E-state index is 6.18. The van der Waals surface area contributed by atoms with Crippen LogP contribution in [0.15, 0.2) is 11.8 Å². The van der Waals surface area contributed by atoms with Gasteiger partial charge in [0.15, 0.2) is 0 Å². The SMILES string of the molecule is C[Si](C)(C)O/C1=C/CCCCCCCCCC1. The Labute approximate surface area is 109 Å². The second-order valence-corrected chi connectivity index (χ2v) is 10.7. The minimum absolute atomic E-state index is 1.17. The van der Waals surface area contributed by atoms with Gasteiger partial charge in [0.2, 0.25) is 8.32 Å². The number of allylic oxidation sites excluding steroid dienone is 2. The van der Waals surface area contributed by atoms with E-state index in [9.17, 15) is 0 Å². The Hall–Kier alpha value is -0.243. The van der Waals surface area contributed by atoms with Crippen LogP contribution in [0.5, 0.6) is 0 Å². The van der Waals surface area contributed by atoms with Crippen LogP contribution in [0.2, 0.25) is 19.6 Å². The summed E-state index contributed by atoms with van der Waals surface area (Å²) in [5, 5.41) is 0. The fraction of sp³-hybridized carbons (Fsp3) is 0.867. The summed E-state index contributed by atoms with van der Waals surface area (Å²) in [6.07, 6.45) is 15.9. The number of hydrogen-bond donors (Lipinski definition) is 0. The highest BCUT2D eigenvalue weighted by Gasteiger charge is 2.17. The molecule has 17 heavy (non-hydrogen) atoms. The maximum Gasteiger partial charge on any atom is 0.241 e. The van der Waals surface area contributed by atoms with Crippen molar-refractivity contribution in [2.45, 2.75) is 83.8 Å². The summed E-state index contributed by atoms with van der Waals surface area (Å²) in [5.41, 5.74) is 0. The van der Waals surface area contributed by atoms with E-state index >= 15 is 0 Å². The van der Waals surface area contributed by atoms with Crippen molar-refractivity contribution in [1.82, 2.24) is 0 Å². The summed E-state index contributed by atoms with van der Waals surface area (Å²) in [4.78, 5) is 0. The molecule has 0 unspecified atom stereocenters. The van der Waals surface area contributed by atoms with Crippen LogP contribution in [0.3, 0.4) is 0 Å². The van der Waals surface area contributed by atoms with Gasteiger partial charge in [0.1, 0.15) is 0 Å². The number of rotatable bonds is 2. The van der Waals surface area contributed by atoms with Crippen molar-refractivity contribution in [3.05, 3.63) is 11.8 Å². The molecule has 0 fully saturated rings. The minimum Gasteiger partial charge on any atom is -0.548 e. The first-order chi connectivity index (χ1) is 8.08. The molecule has 2 heteroatoms. The minimum atomic E-state index is -1.40. The molecule has 1 nitrogen and oxygen atoms in total. The quantitative estimate of drug-likeness (QED) is 0.580. The Kier molecular flexibility index (Phi) is 6.94. The van der Waals surface area contributed by atoms with E-state index in [1.807, 2.05) is 0 Å². The topological polar surface area (TPSA) is 9.23 Å². The van der Waals surface area contributed by atoms with Gasteiger partial charge in [0.25, 0.3) is 0 Å². The average molecular weight is 254 g/mol. The lowest BCUT2D eigenvalue weighted by atomic mass is 10.0. The second kappa shape index (κ2) is 7.96. The first-order valence-electron chi connectivity index (χ1n) is 7.46. The van der Waals surface area contributed by atoms with E-state index in [4.69, 9.17) is 4.43 Å². The van der Waals surface area contributed by atoms with Gasteiger partial charge in [-0.2, -0.15) is 0 Å². The van der Waals surface area contributed by atoms with Gasteiger partial charge in [-0.3, -0.25) is 0 Å². The molecule has 0 radical (unpaired) electrons. The summed E-state index contributed by atoms with van der Waals surface area (Å²) < 4.78 is 6.18. The summed E-state index contributed by atoms with van der Waals surface area (Å²) in [6.45, 7) is 6.85. The predicted octanol–water partition coefficient (Wildman–Crippen LogP) is 5.64. The van der Waals surface area contributed by atoms with Crippen molar-refractivity contribution in [2.75, 3.05) is 0 Å². The molecular formula is C15H30OSi. The highest BCUT2D eigenvalue weighted by molar-refractivity contribution is 6.70. The predicted molar refractivity (Wildman–Crippen MR) is 78.7 cm³/mol. The fourth-order valence-corrected chi connectivity index (χ4v) is 3.33. The third kappa shape index (κ3) is 8.48. The normalized spacial score (nSPS) is 24.1. The van der Waals surface area contributed by atoms with Crippen molar-refractivity contribution in [3.8, 4) is 0 Å². The molecule has 0 saturated heterocycles. The van der Waals surface area contributed by atoms with Gasteiger partial charge in [-0.15, -0.1) is 0 Å². The van der Waals surface area contributed by atoms with Gasteiger partial charge in [-0.1, -0.05) is 38.5 Å². The Balaban J connectivity index is 2.44. The summed E-state index contributed by atoms with van der Waals surface area (Å²) >= 11 is 0. The second-order valence-electron chi connectivity index (χ2n) is 6.25. The molecule has 0 saturated carbocycles. The lowest BCUT2D eigenvalue weighted by Crippen LogP contribution is -2.24. The largest absolute Gasteiger partial charge is 0.548 e. The first-order valence-corrected chi connectivity index (χ1v) is 10.9. The summed E-state index contributed by atoms with van der Waals surface area (Å²) in [7, 11) is -1.40. The molecule has 0 N–H and O–H groups in total. The van der Waals surface area contributed by atoms with E-state index in [-0.39, 0.29) is 0 Å². The Morgan fingerprint density at radius 1 is 0.824 bits per heavy atom. The van der Waals surface area contributed by atoms with Crippen LogP contribution in [0.4, 0.5) is 0 Å². The molecular weight excluding hydrogens is 224 g/mol. The molecule has 0 aliphatic heterocycles. The molecule has 0 aromatic rings. The van der Waals surface area contributed by atoms with Gasteiger partial charge in [-0.05, 0) is 45.0 Å². The smallest absolute Gasteiger partial charge is 0.241 e. The summed E-state index contributed by atoms with van der Waals surface area (Å²) in [5.74, 6) is 1.30. The van der Waals surface area contributed by atoms with E-state index in [1.54, 1.807) is 0 Å². The molecule has 0 heterocycles. The lowest BCUT2D eigenvalue weighted by Gasteiger charge is -2.22. The van der Waals surface area contributed by atoms with Crippen molar-refractivity contribution in [3.63, 3.8) is 0 Å².